The van der Waals surface area contributed by atoms with Gasteiger partial charge < -0.3 is 33.5 Å². The van der Waals surface area contributed by atoms with E-state index in [2.05, 4.69) is 152 Å². The van der Waals surface area contributed by atoms with Crippen LogP contribution in [0.4, 0.5) is 0 Å². The molecule has 0 amide bonds. The van der Waals surface area contributed by atoms with Gasteiger partial charge in [-0.1, -0.05) is 115 Å². The molecule has 2 fully saturated rings. The summed E-state index contributed by atoms with van der Waals surface area (Å²) >= 11 is 0. The molecule has 3 atom stereocenters. The van der Waals surface area contributed by atoms with Crippen molar-refractivity contribution in [2.45, 2.75) is 37.3 Å². The second-order valence-corrected chi connectivity index (χ2v) is 15.0. The van der Waals surface area contributed by atoms with E-state index in [1.165, 1.54) is 27.0 Å². The summed E-state index contributed by atoms with van der Waals surface area (Å²) < 4.78 is 14.0. The SMILES string of the molecule is [I-].c1ccc([C@@H]2OC3(CC[C@@H](C[P+](c4ccccc4)(c4ccccc4)c4ccccc4)C3)O[C@H]2c2ccccc2)cc1. The number of halogens is 1. The zero-order valence-corrected chi connectivity index (χ0v) is 26.7. The van der Waals surface area contributed by atoms with E-state index in [1.54, 1.807) is 0 Å². The van der Waals surface area contributed by atoms with Crippen LogP contribution in [0, 0.1) is 5.92 Å². The second kappa shape index (κ2) is 12.8. The number of hydrogen-bond acceptors (Lipinski definition) is 2. The highest BCUT2D eigenvalue weighted by atomic mass is 127. The van der Waals surface area contributed by atoms with Gasteiger partial charge in [0.15, 0.2) is 5.79 Å². The highest BCUT2D eigenvalue weighted by Crippen LogP contribution is 2.61. The molecule has 7 rings (SSSR count). The van der Waals surface area contributed by atoms with Gasteiger partial charge in [0.1, 0.15) is 35.4 Å². The van der Waals surface area contributed by atoms with Crippen molar-refractivity contribution in [3.63, 3.8) is 0 Å². The largest absolute Gasteiger partial charge is 1.00 e. The van der Waals surface area contributed by atoms with Crippen molar-refractivity contribution in [1.29, 1.82) is 0 Å². The summed E-state index contributed by atoms with van der Waals surface area (Å²) in [7, 11) is -1.92. The Hall–Kier alpha value is -2.82. The second-order valence-electron chi connectivity index (χ2n) is 11.4. The minimum Gasteiger partial charge on any atom is -1.00 e. The average molecular weight is 683 g/mol. The molecule has 0 unspecified atom stereocenters. The van der Waals surface area contributed by atoms with Crippen LogP contribution in [0.25, 0.3) is 0 Å². The van der Waals surface area contributed by atoms with Gasteiger partial charge in [0.05, 0.1) is 6.16 Å². The molecule has 0 bridgehead atoms. The van der Waals surface area contributed by atoms with E-state index >= 15 is 0 Å². The Morgan fingerprint density at radius 2 is 0.881 bits per heavy atom. The molecule has 0 radical (unpaired) electrons. The predicted octanol–water partition coefficient (Wildman–Crippen LogP) is 5.01. The van der Waals surface area contributed by atoms with Crippen molar-refractivity contribution in [2.75, 3.05) is 6.16 Å². The fourth-order valence-electron chi connectivity index (χ4n) is 7.02. The molecule has 212 valence electrons. The molecular formula is C38H36IO2P. The molecule has 1 aliphatic heterocycles. The highest BCUT2D eigenvalue weighted by Gasteiger charge is 2.56. The van der Waals surface area contributed by atoms with Crippen LogP contribution < -0.4 is 39.9 Å². The van der Waals surface area contributed by atoms with Crippen LogP contribution in [-0.2, 0) is 9.47 Å². The molecule has 2 nitrogen and oxygen atoms in total. The predicted molar refractivity (Wildman–Crippen MR) is 171 cm³/mol. The highest BCUT2D eigenvalue weighted by molar-refractivity contribution is 7.95. The maximum absolute atomic E-state index is 7.01. The third kappa shape index (κ3) is 5.61. The first-order valence-corrected chi connectivity index (χ1v) is 16.7. The third-order valence-corrected chi connectivity index (χ3v) is 13.5. The summed E-state index contributed by atoms with van der Waals surface area (Å²) in [5.74, 6) is -0.0827. The van der Waals surface area contributed by atoms with Gasteiger partial charge >= 0.3 is 0 Å². The Morgan fingerprint density at radius 3 is 1.26 bits per heavy atom. The molecule has 42 heavy (non-hydrogen) atoms. The zero-order chi connectivity index (χ0) is 27.5. The molecule has 1 aliphatic carbocycles. The first kappa shape index (κ1) is 29.3. The molecular weight excluding hydrogens is 646 g/mol. The van der Waals surface area contributed by atoms with Crippen molar-refractivity contribution < 1.29 is 33.5 Å². The van der Waals surface area contributed by atoms with Gasteiger partial charge in [-0.05, 0) is 59.9 Å². The van der Waals surface area contributed by atoms with Crippen molar-refractivity contribution in [3.05, 3.63) is 163 Å². The zero-order valence-electron chi connectivity index (χ0n) is 23.6. The normalized spacial score (nSPS) is 21.2. The Kier molecular flexibility index (Phi) is 8.93. The number of benzene rings is 5. The molecule has 4 heteroatoms. The fourth-order valence-corrected chi connectivity index (χ4v) is 11.7. The summed E-state index contributed by atoms with van der Waals surface area (Å²) in [6.45, 7) is 0. The first-order valence-electron chi connectivity index (χ1n) is 14.8. The van der Waals surface area contributed by atoms with Gasteiger partial charge in [0.2, 0.25) is 0 Å². The van der Waals surface area contributed by atoms with Gasteiger partial charge in [-0.15, -0.1) is 0 Å². The van der Waals surface area contributed by atoms with Gasteiger partial charge in [0, 0.05) is 12.8 Å². The summed E-state index contributed by atoms with van der Waals surface area (Å²) in [5, 5.41) is 4.32. The minimum absolute atomic E-state index is 0. The Labute approximate surface area is 267 Å². The standard InChI is InChI=1S/C38H36O2P.HI/c1-6-16-31(17-7-1)36-37(32-18-8-2-9-19-32)40-38(39-36)27-26-30(28-38)29-41(33-20-10-3-11-21-33,34-22-12-4-13-23-34)35-24-14-5-15-25-35;/h1-25,30,36-37H,26-29H2;1H/q+1;/p-1/t30-,36+,37+;/m1./s1. The Bertz CT molecular complexity index is 1400. The smallest absolute Gasteiger partial charge is 0.170 e. The number of ether oxygens (including phenoxy) is 2. The lowest BCUT2D eigenvalue weighted by Gasteiger charge is -2.30. The lowest BCUT2D eigenvalue weighted by Crippen LogP contribution is -3.00. The van der Waals surface area contributed by atoms with Crippen LogP contribution in [0.2, 0.25) is 0 Å². The molecule has 1 spiro atoms. The van der Waals surface area contributed by atoms with E-state index in [-0.39, 0.29) is 36.2 Å². The van der Waals surface area contributed by atoms with Crippen LogP contribution in [0.1, 0.15) is 42.6 Å². The molecule has 2 aliphatic rings. The van der Waals surface area contributed by atoms with E-state index in [9.17, 15) is 0 Å². The average Bonchev–Trinajstić information content (AvgIpc) is 3.64. The van der Waals surface area contributed by atoms with Gasteiger partial charge in [0.25, 0.3) is 0 Å². The van der Waals surface area contributed by atoms with E-state index in [0.717, 1.165) is 25.4 Å². The van der Waals surface area contributed by atoms with Crippen LogP contribution in [0.3, 0.4) is 0 Å². The quantitative estimate of drug-likeness (QED) is 0.178. The monoisotopic (exact) mass is 682 g/mol. The summed E-state index contributed by atoms with van der Waals surface area (Å²) in [4.78, 5) is 0. The van der Waals surface area contributed by atoms with Crippen molar-refractivity contribution >= 4 is 23.2 Å². The lowest BCUT2D eigenvalue weighted by molar-refractivity contribution is -0.172. The van der Waals surface area contributed by atoms with Crippen molar-refractivity contribution in [1.82, 2.24) is 0 Å². The molecule has 0 aromatic heterocycles. The van der Waals surface area contributed by atoms with Gasteiger partial charge in [-0.25, -0.2) is 0 Å². The Morgan fingerprint density at radius 1 is 0.524 bits per heavy atom. The van der Waals surface area contributed by atoms with E-state index in [0.29, 0.717) is 5.92 Å². The van der Waals surface area contributed by atoms with Gasteiger partial charge in [-0.3, -0.25) is 0 Å². The molecule has 0 N–H and O–H groups in total. The van der Waals surface area contributed by atoms with E-state index < -0.39 is 13.0 Å². The first-order chi connectivity index (χ1) is 20.3. The summed E-state index contributed by atoms with van der Waals surface area (Å²) in [5.41, 5.74) is 2.36. The number of hydrogen-bond donors (Lipinski definition) is 0. The fraction of sp³-hybridized carbons (Fsp3) is 0.211. The van der Waals surface area contributed by atoms with Crippen molar-refractivity contribution in [2.24, 2.45) is 5.92 Å². The molecule has 1 heterocycles. The summed E-state index contributed by atoms with van der Waals surface area (Å²) in [6, 6.07) is 54.9. The third-order valence-electron chi connectivity index (χ3n) is 8.87. The molecule has 1 saturated carbocycles. The number of rotatable bonds is 7. The molecule has 5 aromatic rings. The van der Waals surface area contributed by atoms with Crippen LogP contribution in [-0.4, -0.2) is 11.9 Å². The summed E-state index contributed by atoms with van der Waals surface area (Å²) in [6.07, 6.45) is 3.79. The van der Waals surface area contributed by atoms with Crippen molar-refractivity contribution in [3.8, 4) is 0 Å². The maximum atomic E-state index is 7.01. The van der Waals surface area contributed by atoms with Gasteiger partial charge in [-0.2, -0.15) is 0 Å². The van der Waals surface area contributed by atoms with E-state index in [4.69, 9.17) is 9.47 Å². The van der Waals surface area contributed by atoms with Crippen LogP contribution in [0.5, 0.6) is 0 Å². The topological polar surface area (TPSA) is 18.5 Å². The minimum atomic E-state index is -1.92. The Balaban J connectivity index is 0.00000316. The van der Waals surface area contributed by atoms with Crippen LogP contribution >= 0.6 is 7.26 Å². The molecule has 1 saturated heterocycles. The van der Waals surface area contributed by atoms with E-state index in [1.807, 2.05) is 0 Å². The molecule has 5 aromatic carbocycles. The lowest BCUT2D eigenvalue weighted by atomic mass is 9.99. The maximum Gasteiger partial charge on any atom is 0.170 e. The van der Waals surface area contributed by atoms with Crippen LogP contribution in [0.15, 0.2) is 152 Å².